The molecule has 0 saturated carbocycles. The number of nitrogens with zero attached hydrogens (tertiary/aromatic N) is 3. The van der Waals surface area contributed by atoms with Crippen molar-refractivity contribution in [2.45, 2.75) is 32.2 Å². The van der Waals surface area contributed by atoms with Crippen LogP contribution in [0.3, 0.4) is 0 Å². The molecule has 1 atom stereocenters. The predicted octanol–water partition coefficient (Wildman–Crippen LogP) is 0.825. The lowest BCUT2D eigenvalue weighted by atomic mass is 10.0. The second-order valence-electron chi connectivity index (χ2n) is 4.92. The van der Waals surface area contributed by atoms with E-state index >= 15 is 0 Å². The molecule has 1 aromatic heterocycles. The van der Waals surface area contributed by atoms with E-state index in [9.17, 15) is 4.79 Å². The Labute approximate surface area is 107 Å². The van der Waals surface area contributed by atoms with E-state index in [1.165, 1.54) is 6.33 Å². The molecule has 0 radical (unpaired) electrons. The Morgan fingerprint density at radius 3 is 2.78 bits per heavy atom. The summed E-state index contributed by atoms with van der Waals surface area (Å²) in [6, 6.07) is -0.207. The SMILES string of the molecule is CC(C)c1c(N)ncnc1NC1CCN(C)C1=O. The first-order valence-electron chi connectivity index (χ1n) is 6.12. The largest absolute Gasteiger partial charge is 0.383 e. The zero-order valence-electron chi connectivity index (χ0n) is 11.0. The number of aromatic nitrogens is 2. The van der Waals surface area contributed by atoms with Crippen molar-refractivity contribution in [1.82, 2.24) is 14.9 Å². The van der Waals surface area contributed by atoms with Gasteiger partial charge in [-0.25, -0.2) is 9.97 Å². The number of nitrogens with two attached hydrogens (primary N) is 1. The highest BCUT2D eigenvalue weighted by Crippen LogP contribution is 2.27. The highest BCUT2D eigenvalue weighted by molar-refractivity contribution is 5.86. The van der Waals surface area contributed by atoms with Gasteiger partial charge in [0.1, 0.15) is 24.0 Å². The molecule has 6 heteroatoms. The molecule has 3 N–H and O–H groups in total. The molecule has 1 amide bonds. The maximum Gasteiger partial charge on any atom is 0.244 e. The summed E-state index contributed by atoms with van der Waals surface area (Å²) in [5, 5.41) is 3.19. The van der Waals surface area contributed by atoms with Gasteiger partial charge in [-0.05, 0) is 12.3 Å². The van der Waals surface area contributed by atoms with Gasteiger partial charge in [0.15, 0.2) is 0 Å². The van der Waals surface area contributed by atoms with Crippen LogP contribution in [0.25, 0.3) is 0 Å². The third kappa shape index (κ3) is 2.23. The van der Waals surface area contributed by atoms with Gasteiger partial charge in [-0.2, -0.15) is 0 Å². The van der Waals surface area contributed by atoms with E-state index in [4.69, 9.17) is 5.73 Å². The summed E-state index contributed by atoms with van der Waals surface area (Å²) in [5.41, 5.74) is 6.75. The number of carbonyl (C=O) groups excluding carboxylic acids is 1. The number of hydrogen-bond donors (Lipinski definition) is 2. The minimum absolute atomic E-state index is 0.0990. The molecule has 1 fully saturated rings. The van der Waals surface area contributed by atoms with Crippen molar-refractivity contribution < 1.29 is 4.79 Å². The number of nitrogen functional groups attached to an aromatic ring is 1. The van der Waals surface area contributed by atoms with E-state index < -0.39 is 0 Å². The Morgan fingerprint density at radius 1 is 1.50 bits per heavy atom. The van der Waals surface area contributed by atoms with Crippen molar-refractivity contribution >= 4 is 17.5 Å². The molecular weight excluding hydrogens is 230 g/mol. The first-order chi connectivity index (χ1) is 8.50. The lowest BCUT2D eigenvalue weighted by Crippen LogP contribution is -2.31. The quantitative estimate of drug-likeness (QED) is 0.828. The van der Waals surface area contributed by atoms with Crippen LogP contribution in [0.1, 0.15) is 31.7 Å². The van der Waals surface area contributed by atoms with E-state index in [0.717, 1.165) is 18.5 Å². The number of likely N-dealkylation sites (tertiary alicyclic amines) is 1. The molecule has 18 heavy (non-hydrogen) atoms. The predicted molar refractivity (Wildman–Crippen MR) is 70.2 cm³/mol. The van der Waals surface area contributed by atoms with Crippen molar-refractivity contribution in [2.75, 3.05) is 24.6 Å². The second-order valence-corrected chi connectivity index (χ2v) is 4.92. The van der Waals surface area contributed by atoms with Crippen LogP contribution in [0.4, 0.5) is 11.6 Å². The van der Waals surface area contributed by atoms with Crippen LogP contribution >= 0.6 is 0 Å². The van der Waals surface area contributed by atoms with Gasteiger partial charge in [0.25, 0.3) is 0 Å². The third-order valence-corrected chi connectivity index (χ3v) is 3.23. The van der Waals surface area contributed by atoms with E-state index in [1.807, 2.05) is 20.9 Å². The topological polar surface area (TPSA) is 84.1 Å². The number of nitrogens with one attached hydrogen (secondary N) is 1. The van der Waals surface area contributed by atoms with Gasteiger partial charge in [0.05, 0.1) is 0 Å². The van der Waals surface area contributed by atoms with Gasteiger partial charge in [0, 0.05) is 19.2 Å². The van der Waals surface area contributed by atoms with Crippen LogP contribution in [0, 0.1) is 0 Å². The average molecular weight is 249 g/mol. The highest BCUT2D eigenvalue weighted by atomic mass is 16.2. The average Bonchev–Trinajstić information content (AvgIpc) is 2.60. The van der Waals surface area contributed by atoms with Crippen LogP contribution in [-0.4, -0.2) is 40.4 Å². The van der Waals surface area contributed by atoms with Crippen LogP contribution in [0.15, 0.2) is 6.33 Å². The van der Waals surface area contributed by atoms with Crippen molar-refractivity contribution in [3.8, 4) is 0 Å². The highest BCUT2D eigenvalue weighted by Gasteiger charge is 2.30. The number of carbonyl (C=O) groups is 1. The van der Waals surface area contributed by atoms with Gasteiger partial charge in [-0.15, -0.1) is 0 Å². The summed E-state index contributed by atoms with van der Waals surface area (Å²) in [5.74, 6) is 1.46. The molecule has 0 spiro atoms. The molecule has 6 nitrogen and oxygen atoms in total. The normalized spacial score (nSPS) is 19.7. The summed E-state index contributed by atoms with van der Waals surface area (Å²) in [4.78, 5) is 21.8. The van der Waals surface area contributed by atoms with Crippen LogP contribution in [0.2, 0.25) is 0 Å². The fraction of sp³-hybridized carbons (Fsp3) is 0.583. The minimum atomic E-state index is -0.207. The molecule has 2 rings (SSSR count). The molecule has 0 bridgehead atoms. The van der Waals surface area contributed by atoms with Gasteiger partial charge in [-0.3, -0.25) is 4.79 Å². The summed E-state index contributed by atoms with van der Waals surface area (Å²) in [7, 11) is 1.81. The van der Waals surface area contributed by atoms with Crippen LogP contribution in [0.5, 0.6) is 0 Å². The molecule has 1 saturated heterocycles. The van der Waals surface area contributed by atoms with Gasteiger partial charge in [0.2, 0.25) is 5.91 Å². The molecular formula is C12H19N5O. The van der Waals surface area contributed by atoms with Crippen molar-refractivity contribution in [3.63, 3.8) is 0 Å². The molecule has 1 unspecified atom stereocenters. The zero-order valence-corrected chi connectivity index (χ0v) is 11.0. The Hall–Kier alpha value is -1.85. The van der Waals surface area contributed by atoms with E-state index in [-0.39, 0.29) is 17.9 Å². The fourth-order valence-electron chi connectivity index (χ4n) is 2.21. The third-order valence-electron chi connectivity index (χ3n) is 3.23. The molecule has 1 aromatic rings. The smallest absolute Gasteiger partial charge is 0.244 e. The van der Waals surface area contributed by atoms with Crippen molar-refractivity contribution in [1.29, 1.82) is 0 Å². The molecule has 1 aliphatic heterocycles. The van der Waals surface area contributed by atoms with Crippen molar-refractivity contribution in [2.24, 2.45) is 0 Å². The number of amides is 1. The molecule has 2 heterocycles. The molecule has 0 aliphatic carbocycles. The first kappa shape index (κ1) is 12.6. The van der Waals surface area contributed by atoms with Crippen LogP contribution < -0.4 is 11.1 Å². The number of likely N-dealkylation sites (N-methyl/N-ethyl adjacent to an activating group) is 1. The Kier molecular flexibility index (Phi) is 3.36. The Bertz CT molecular complexity index is 460. The summed E-state index contributed by atoms with van der Waals surface area (Å²) < 4.78 is 0. The molecule has 1 aliphatic rings. The summed E-state index contributed by atoms with van der Waals surface area (Å²) in [6.45, 7) is 4.83. The standard InChI is InChI=1S/C12H19N5O/c1-7(2)9-10(13)14-6-15-11(9)16-8-4-5-17(3)12(8)18/h6-8H,4-5H2,1-3H3,(H3,13,14,15,16). The molecule has 98 valence electrons. The zero-order chi connectivity index (χ0) is 13.3. The van der Waals surface area contributed by atoms with Crippen molar-refractivity contribution in [3.05, 3.63) is 11.9 Å². The summed E-state index contributed by atoms with van der Waals surface area (Å²) in [6.07, 6.45) is 2.21. The minimum Gasteiger partial charge on any atom is -0.383 e. The molecule has 0 aromatic carbocycles. The maximum atomic E-state index is 11.9. The van der Waals surface area contributed by atoms with E-state index in [1.54, 1.807) is 4.90 Å². The number of rotatable bonds is 3. The number of hydrogen-bond acceptors (Lipinski definition) is 5. The van der Waals surface area contributed by atoms with E-state index in [2.05, 4.69) is 15.3 Å². The lowest BCUT2D eigenvalue weighted by molar-refractivity contribution is -0.127. The summed E-state index contributed by atoms with van der Waals surface area (Å²) >= 11 is 0. The fourth-order valence-corrected chi connectivity index (χ4v) is 2.21. The van der Waals surface area contributed by atoms with Gasteiger partial charge < -0.3 is 16.0 Å². The first-order valence-corrected chi connectivity index (χ1v) is 6.12. The number of anilines is 2. The van der Waals surface area contributed by atoms with Gasteiger partial charge >= 0.3 is 0 Å². The van der Waals surface area contributed by atoms with Gasteiger partial charge in [-0.1, -0.05) is 13.8 Å². The Balaban J connectivity index is 2.24. The second kappa shape index (κ2) is 4.80. The monoisotopic (exact) mass is 249 g/mol. The lowest BCUT2D eigenvalue weighted by Gasteiger charge is -2.18. The Morgan fingerprint density at radius 2 is 2.22 bits per heavy atom. The van der Waals surface area contributed by atoms with Crippen LogP contribution in [-0.2, 0) is 4.79 Å². The maximum absolute atomic E-state index is 11.9. The van der Waals surface area contributed by atoms with E-state index in [0.29, 0.717) is 11.6 Å².